The Hall–Kier alpha value is -1.93. The van der Waals surface area contributed by atoms with E-state index in [1.165, 1.54) is 11.8 Å². The normalized spacial score (nSPS) is 18.1. The lowest BCUT2D eigenvalue weighted by molar-refractivity contribution is 0.0737. The first kappa shape index (κ1) is 25.7. The summed E-state index contributed by atoms with van der Waals surface area (Å²) >= 11 is 13.2. The van der Waals surface area contributed by atoms with Crippen LogP contribution in [0.5, 0.6) is 0 Å². The molecule has 2 aromatic rings. The third-order valence-electron chi connectivity index (χ3n) is 4.95. The van der Waals surface area contributed by atoms with Crippen molar-refractivity contribution >= 4 is 51.9 Å². The van der Waals surface area contributed by atoms with Crippen LogP contribution in [0.2, 0.25) is 10.0 Å². The lowest BCUT2D eigenvalue weighted by Gasteiger charge is -2.20. The zero-order valence-electron chi connectivity index (χ0n) is 18.9. The molecule has 178 valence electrons. The third-order valence-corrected chi connectivity index (χ3v) is 6.66. The van der Waals surface area contributed by atoms with Gasteiger partial charge in [-0.25, -0.2) is 4.79 Å². The van der Waals surface area contributed by atoms with Crippen LogP contribution in [0.4, 0.5) is 10.5 Å². The van der Waals surface area contributed by atoms with Crippen LogP contribution in [0.3, 0.4) is 0 Å². The third kappa shape index (κ3) is 8.41. The highest BCUT2D eigenvalue weighted by Gasteiger charge is 2.28. The molecule has 1 heterocycles. The fourth-order valence-electron chi connectivity index (χ4n) is 3.38. The molecule has 0 aromatic heterocycles. The highest BCUT2D eigenvalue weighted by Crippen LogP contribution is 2.26. The van der Waals surface area contributed by atoms with E-state index in [0.717, 1.165) is 24.2 Å². The lowest BCUT2D eigenvalue weighted by Crippen LogP contribution is -2.29. The van der Waals surface area contributed by atoms with Crippen molar-refractivity contribution in [1.29, 1.82) is 0 Å². The average Bonchev–Trinajstić information content (AvgIpc) is 3.18. The Morgan fingerprint density at radius 1 is 1.15 bits per heavy atom. The van der Waals surface area contributed by atoms with Crippen molar-refractivity contribution in [2.75, 3.05) is 18.4 Å². The predicted molar refractivity (Wildman–Crippen MR) is 137 cm³/mol. The highest BCUT2D eigenvalue weighted by atomic mass is 35.5. The Bertz CT molecular complexity index is 997. The molecule has 1 unspecified atom stereocenters. The van der Waals surface area contributed by atoms with E-state index >= 15 is 0 Å². The summed E-state index contributed by atoms with van der Waals surface area (Å²) in [6, 6.07) is 12.9. The van der Waals surface area contributed by atoms with Gasteiger partial charge in [0.1, 0.15) is 5.60 Å². The van der Waals surface area contributed by atoms with Gasteiger partial charge in [-0.1, -0.05) is 35.3 Å². The molecule has 0 aliphatic carbocycles. The van der Waals surface area contributed by atoms with Gasteiger partial charge >= 0.3 is 5.30 Å². The number of anilines is 1. The van der Waals surface area contributed by atoms with E-state index in [9.17, 15) is 9.59 Å². The molecule has 9 heteroatoms. The molecule has 0 saturated carbocycles. The summed E-state index contributed by atoms with van der Waals surface area (Å²) in [7, 11) is 0. The number of rotatable bonds is 7. The number of thioether (sulfide) groups is 1. The molecule has 6 nitrogen and oxygen atoms in total. The molecular weight excluding hydrogens is 481 g/mol. The Kier molecular flexibility index (Phi) is 8.93. The zero-order chi connectivity index (χ0) is 24.0. The summed E-state index contributed by atoms with van der Waals surface area (Å²) in [5.41, 5.74) is 1.83. The lowest BCUT2D eigenvalue weighted by atomic mass is 10.1. The molecule has 1 aliphatic rings. The Labute approximate surface area is 209 Å². The molecule has 33 heavy (non-hydrogen) atoms. The van der Waals surface area contributed by atoms with Crippen LogP contribution in [0.25, 0.3) is 0 Å². The summed E-state index contributed by atoms with van der Waals surface area (Å²) in [5, 5.41) is 10.6. The number of nitrogens with one attached hydrogen (secondary N) is 3. The average molecular weight is 510 g/mol. The summed E-state index contributed by atoms with van der Waals surface area (Å²) in [4.78, 5) is 24.6. The molecule has 1 aliphatic heterocycles. The minimum absolute atomic E-state index is 0.169. The Balaban J connectivity index is 1.45. The predicted octanol–water partition coefficient (Wildman–Crippen LogP) is 5.73. The van der Waals surface area contributed by atoms with Gasteiger partial charge in [0.25, 0.3) is 5.91 Å². The second kappa shape index (κ2) is 11.5. The zero-order valence-corrected chi connectivity index (χ0v) is 21.2. The molecule has 0 bridgehead atoms. The molecule has 0 radical (unpaired) electrons. The number of carbonyl (C=O) groups excluding carboxylic acids is 2. The van der Waals surface area contributed by atoms with Crippen LogP contribution in [-0.2, 0) is 11.3 Å². The van der Waals surface area contributed by atoms with Crippen LogP contribution in [0.15, 0.2) is 42.5 Å². The Morgan fingerprint density at radius 2 is 1.94 bits per heavy atom. The molecule has 3 rings (SSSR count). The van der Waals surface area contributed by atoms with E-state index in [2.05, 4.69) is 16.0 Å². The van der Waals surface area contributed by atoms with E-state index < -0.39 is 5.60 Å². The topological polar surface area (TPSA) is 79.5 Å². The van der Waals surface area contributed by atoms with Crippen molar-refractivity contribution in [2.24, 2.45) is 0 Å². The Morgan fingerprint density at radius 3 is 2.67 bits per heavy atom. The van der Waals surface area contributed by atoms with Gasteiger partial charge in [0.05, 0.1) is 10.0 Å². The molecule has 1 saturated heterocycles. The van der Waals surface area contributed by atoms with E-state index in [1.54, 1.807) is 18.2 Å². The highest BCUT2D eigenvalue weighted by molar-refractivity contribution is 8.13. The van der Waals surface area contributed by atoms with Crippen LogP contribution in [-0.4, -0.2) is 41.2 Å². The van der Waals surface area contributed by atoms with E-state index in [-0.39, 0.29) is 22.5 Å². The minimum atomic E-state index is -0.476. The van der Waals surface area contributed by atoms with Gasteiger partial charge < -0.3 is 20.7 Å². The quantitative estimate of drug-likeness (QED) is 0.413. The molecule has 2 aromatic carbocycles. The number of benzene rings is 2. The second-order valence-corrected chi connectivity index (χ2v) is 11.0. The number of ether oxygens (including phenoxy) is 1. The number of carbonyl (C=O) groups is 2. The van der Waals surface area contributed by atoms with Crippen LogP contribution in [0.1, 0.15) is 43.1 Å². The SMILES string of the molecule is CC(C)(C)OC(=O)SC1CN[C@H](CNc2cccc(C(=O)NCc3ccc(Cl)c(Cl)c3)c2)C1. The van der Waals surface area contributed by atoms with Gasteiger partial charge in [0.15, 0.2) is 0 Å². The maximum atomic E-state index is 12.6. The summed E-state index contributed by atoms with van der Waals surface area (Å²) in [5.74, 6) is -0.169. The van der Waals surface area contributed by atoms with E-state index in [1.807, 2.05) is 45.0 Å². The maximum Gasteiger partial charge on any atom is 0.368 e. The van der Waals surface area contributed by atoms with Gasteiger partial charge in [-0.3, -0.25) is 4.79 Å². The number of hydrogen-bond acceptors (Lipinski definition) is 6. The smallest absolute Gasteiger partial charge is 0.368 e. The fraction of sp³-hybridized carbons (Fsp3) is 0.417. The van der Waals surface area contributed by atoms with Gasteiger partial charge in [0, 0.05) is 42.2 Å². The molecule has 1 fully saturated rings. The summed E-state index contributed by atoms with van der Waals surface area (Å²) < 4.78 is 5.39. The van der Waals surface area contributed by atoms with Crippen molar-refractivity contribution < 1.29 is 14.3 Å². The number of halogens is 2. The molecular formula is C24H29Cl2N3O3S. The van der Waals surface area contributed by atoms with Gasteiger partial charge in [-0.05, 0) is 74.8 Å². The molecule has 0 spiro atoms. The molecule has 2 atom stereocenters. The standard InChI is InChI=1S/C24H29Cl2N3O3S/c1-24(2,3)32-23(31)33-19-11-18(28-14-19)13-27-17-6-4-5-16(10-17)22(30)29-12-15-7-8-20(25)21(26)9-15/h4-10,18-19,27-28H,11-14H2,1-3H3,(H,29,30)/t18-,19?/m0/s1. The van der Waals surface area contributed by atoms with Crippen molar-refractivity contribution in [1.82, 2.24) is 10.6 Å². The maximum absolute atomic E-state index is 12.6. The molecule has 1 amide bonds. The number of hydrogen-bond donors (Lipinski definition) is 3. The first-order chi connectivity index (χ1) is 15.6. The largest absolute Gasteiger partial charge is 0.452 e. The van der Waals surface area contributed by atoms with Crippen molar-refractivity contribution in [3.8, 4) is 0 Å². The van der Waals surface area contributed by atoms with E-state index in [4.69, 9.17) is 27.9 Å². The summed E-state index contributed by atoms with van der Waals surface area (Å²) in [6.07, 6.45) is 0.862. The van der Waals surface area contributed by atoms with Crippen molar-refractivity contribution in [3.05, 3.63) is 63.6 Å². The van der Waals surface area contributed by atoms with E-state index in [0.29, 0.717) is 28.7 Å². The molecule has 3 N–H and O–H groups in total. The monoisotopic (exact) mass is 509 g/mol. The van der Waals surface area contributed by atoms with Crippen molar-refractivity contribution in [3.63, 3.8) is 0 Å². The van der Waals surface area contributed by atoms with Crippen molar-refractivity contribution in [2.45, 2.75) is 50.6 Å². The first-order valence-corrected chi connectivity index (χ1v) is 12.4. The first-order valence-electron chi connectivity index (χ1n) is 10.8. The van der Waals surface area contributed by atoms with Gasteiger partial charge in [0.2, 0.25) is 0 Å². The minimum Gasteiger partial charge on any atom is -0.452 e. The van der Waals surface area contributed by atoms with Gasteiger partial charge in [-0.2, -0.15) is 0 Å². The summed E-state index contributed by atoms with van der Waals surface area (Å²) in [6.45, 7) is 7.41. The van der Waals surface area contributed by atoms with Crippen LogP contribution < -0.4 is 16.0 Å². The number of amides is 1. The van der Waals surface area contributed by atoms with Crippen LogP contribution >= 0.6 is 35.0 Å². The van der Waals surface area contributed by atoms with Crippen LogP contribution in [0, 0.1) is 0 Å². The van der Waals surface area contributed by atoms with Gasteiger partial charge in [-0.15, -0.1) is 0 Å². The second-order valence-electron chi connectivity index (χ2n) is 8.94. The fourth-order valence-corrected chi connectivity index (χ4v) is 4.78.